The average Bonchev–Trinajstić information content (AvgIpc) is 2.31. The van der Waals surface area contributed by atoms with Crippen LogP contribution in [-0.2, 0) is 14.3 Å². The summed E-state index contributed by atoms with van der Waals surface area (Å²) < 4.78 is 10.2. The highest BCUT2D eigenvalue weighted by Crippen LogP contribution is 1.94. The Kier molecular flexibility index (Phi) is 10.3. The van der Waals surface area contributed by atoms with Crippen molar-refractivity contribution in [2.45, 2.75) is 26.2 Å². The molecule has 0 N–H and O–H groups in total. The molecule has 0 saturated heterocycles. The van der Waals surface area contributed by atoms with E-state index >= 15 is 0 Å². The first-order chi connectivity index (χ1) is 8.18. The van der Waals surface area contributed by atoms with Gasteiger partial charge in [-0.05, 0) is 26.2 Å². The number of ether oxygens (including phenoxy) is 2. The van der Waals surface area contributed by atoms with E-state index < -0.39 is 0 Å². The Balaban J connectivity index is 3.24. The van der Waals surface area contributed by atoms with Gasteiger partial charge in [0.05, 0.1) is 13.2 Å². The van der Waals surface area contributed by atoms with E-state index in [9.17, 15) is 4.79 Å². The van der Waals surface area contributed by atoms with Crippen LogP contribution in [0.3, 0.4) is 0 Å². The molecule has 0 rings (SSSR count). The number of esters is 1. The zero-order chi connectivity index (χ0) is 12.9. The second-order valence-electron chi connectivity index (χ2n) is 3.65. The summed E-state index contributed by atoms with van der Waals surface area (Å²) in [5.41, 5.74) is 0.412. The number of carbonyl (C=O) groups excluding carboxylic acids is 1. The smallest absolute Gasteiger partial charge is 0.333 e. The highest BCUT2D eigenvalue weighted by atomic mass is 16.6. The van der Waals surface area contributed by atoms with Crippen molar-refractivity contribution in [1.29, 1.82) is 0 Å². The van der Waals surface area contributed by atoms with E-state index in [2.05, 4.69) is 25.3 Å². The van der Waals surface area contributed by atoms with Crippen LogP contribution in [0.4, 0.5) is 0 Å². The van der Waals surface area contributed by atoms with Crippen LogP contribution in [0, 0.1) is 0 Å². The van der Waals surface area contributed by atoms with Gasteiger partial charge in [0.1, 0.15) is 6.61 Å². The largest absolute Gasteiger partial charge is 0.460 e. The molecule has 0 saturated carbocycles. The van der Waals surface area contributed by atoms with Crippen molar-refractivity contribution in [3.8, 4) is 0 Å². The fourth-order valence-corrected chi connectivity index (χ4v) is 1.02. The predicted molar refractivity (Wildman–Crippen MR) is 69.8 cm³/mol. The van der Waals surface area contributed by atoms with E-state index in [1.165, 1.54) is 0 Å². The average molecular weight is 238 g/mol. The van der Waals surface area contributed by atoms with Gasteiger partial charge in [-0.1, -0.05) is 24.8 Å². The maximum absolute atomic E-state index is 11.0. The Morgan fingerprint density at radius 1 is 1.12 bits per heavy atom. The molecule has 0 aromatic rings. The second kappa shape index (κ2) is 11.1. The fourth-order valence-electron chi connectivity index (χ4n) is 1.02. The molecule has 96 valence electrons. The predicted octanol–water partition coefficient (Wildman–Crippen LogP) is 3.03. The van der Waals surface area contributed by atoms with Gasteiger partial charge in [-0.3, -0.25) is 0 Å². The van der Waals surface area contributed by atoms with Crippen molar-refractivity contribution >= 4 is 5.97 Å². The normalized spacial score (nSPS) is 10.4. The molecule has 3 nitrogen and oxygen atoms in total. The minimum atomic E-state index is -0.363. The zero-order valence-corrected chi connectivity index (χ0v) is 10.6. The van der Waals surface area contributed by atoms with Crippen molar-refractivity contribution in [2.75, 3.05) is 19.8 Å². The Hall–Kier alpha value is -1.35. The summed E-state index contributed by atoms with van der Waals surface area (Å²) in [7, 11) is 0. The third-order valence-electron chi connectivity index (χ3n) is 1.94. The summed E-state index contributed by atoms with van der Waals surface area (Å²) in [5, 5.41) is 0. The van der Waals surface area contributed by atoms with E-state index in [1.807, 2.05) is 6.08 Å². The van der Waals surface area contributed by atoms with E-state index in [4.69, 9.17) is 9.47 Å². The van der Waals surface area contributed by atoms with Gasteiger partial charge in [0.15, 0.2) is 0 Å². The van der Waals surface area contributed by atoms with Crippen LogP contribution < -0.4 is 0 Å². The molecule has 0 atom stereocenters. The molecule has 0 heterocycles. The first kappa shape index (κ1) is 15.7. The minimum absolute atomic E-state index is 0.284. The molecule has 3 heteroatoms. The molecule has 0 radical (unpaired) electrons. The number of hydrogen-bond acceptors (Lipinski definition) is 3. The van der Waals surface area contributed by atoms with Crippen molar-refractivity contribution in [1.82, 2.24) is 0 Å². The number of allylic oxidation sites excluding steroid dienone is 2. The molecule has 0 aromatic carbocycles. The van der Waals surface area contributed by atoms with Crippen LogP contribution in [0.25, 0.3) is 0 Å². The van der Waals surface area contributed by atoms with E-state index in [-0.39, 0.29) is 12.6 Å². The van der Waals surface area contributed by atoms with Gasteiger partial charge in [-0.25, -0.2) is 4.79 Å². The molecule has 0 aliphatic heterocycles. The van der Waals surface area contributed by atoms with Crippen LogP contribution in [0.1, 0.15) is 26.2 Å². The first-order valence-electron chi connectivity index (χ1n) is 5.84. The molecule has 0 aliphatic carbocycles. The summed E-state index contributed by atoms with van der Waals surface area (Å²) >= 11 is 0. The molecular weight excluding hydrogens is 216 g/mol. The lowest BCUT2D eigenvalue weighted by molar-refractivity contribution is -0.140. The maximum Gasteiger partial charge on any atom is 0.333 e. The lowest BCUT2D eigenvalue weighted by atomic mass is 10.2. The first-order valence-corrected chi connectivity index (χ1v) is 5.84. The summed E-state index contributed by atoms with van der Waals surface area (Å²) in [6, 6.07) is 0. The third kappa shape index (κ3) is 10.9. The Morgan fingerprint density at radius 2 is 1.82 bits per heavy atom. The number of hydrogen-bond donors (Lipinski definition) is 0. The van der Waals surface area contributed by atoms with Crippen molar-refractivity contribution < 1.29 is 14.3 Å². The third-order valence-corrected chi connectivity index (χ3v) is 1.94. The molecule has 0 aliphatic rings. The Bertz CT molecular complexity index is 267. The van der Waals surface area contributed by atoms with E-state index in [0.29, 0.717) is 18.8 Å². The molecule has 0 spiro atoms. The molecule has 0 bridgehead atoms. The maximum atomic E-state index is 11.0. The molecular formula is C14H22O3. The monoisotopic (exact) mass is 238 g/mol. The molecule has 17 heavy (non-hydrogen) atoms. The van der Waals surface area contributed by atoms with Crippen molar-refractivity contribution in [2.24, 2.45) is 0 Å². The highest BCUT2D eigenvalue weighted by Gasteiger charge is 2.01. The van der Waals surface area contributed by atoms with Crippen LogP contribution in [0.5, 0.6) is 0 Å². The van der Waals surface area contributed by atoms with Gasteiger partial charge in [-0.2, -0.15) is 0 Å². The lowest BCUT2D eigenvalue weighted by Gasteiger charge is -2.04. The van der Waals surface area contributed by atoms with Gasteiger partial charge < -0.3 is 9.47 Å². The van der Waals surface area contributed by atoms with Crippen LogP contribution in [0.2, 0.25) is 0 Å². The number of rotatable bonds is 10. The fraction of sp³-hybridized carbons (Fsp3) is 0.500. The molecule has 0 aromatic heterocycles. The Morgan fingerprint density at radius 3 is 2.47 bits per heavy atom. The summed E-state index contributed by atoms with van der Waals surface area (Å²) in [4.78, 5) is 11.0. The summed E-state index contributed by atoms with van der Waals surface area (Å²) in [6.45, 7) is 10.1. The number of unbranched alkanes of at least 4 members (excludes halogenated alkanes) is 1. The summed E-state index contributed by atoms with van der Waals surface area (Å²) in [5.74, 6) is -0.363. The zero-order valence-electron chi connectivity index (χ0n) is 10.6. The van der Waals surface area contributed by atoms with Crippen molar-refractivity contribution in [3.05, 3.63) is 37.0 Å². The SMILES string of the molecule is C=CCC/C=C/CCOCCOC(=O)C(=C)C. The summed E-state index contributed by atoms with van der Waals surface area (Å²) in [6.07, 6.45) is 9.02. The molecule has 0 amide bonds. The molecule has 0 unspecified atom stereocenters. The molecule has 0 fully saturated rings. The van der Waals surface area contributed by atoms with Gasteiger partial charge in [0, 0.05) is 5.57 Å². The van der Waals surface area contributed by atoms with Crippen molar-refractivity contribution in [3.63, 3.8) is 0 Å². The second-order valence-corrected chi connectivity index (χ2v) is 3.65. The van der Waals surface area contributed by atoms with Gasteiger partial charge in [0.25, 0.3) is 0 Å². The Labute approximate surface area is 104 Å². The minimum Gasteiger partial charge on any atom is -0.460 e. The topological polar surface area (TPSA) is 35.5 Å². The van der Waals surface area contributed by atoms with Crippen LogP contribution in [0.15, 0.2) is 37.0 Å². The van der Waals surface area contributed by atoms with Gasteiger partial charge in [0.2, 0.25) is 0 Å². The van der Waals surface area contributed by atoms with E-state index in [1.54, 1.807) is 6.92 Å². The van der Waals surface area contributed by atoms with Crippen LogP contribution >= 0.6 is 0 Å². The quantitative estimate of drug-likeness (QED) is 0.254. The van der Waals surface area contributed by atoms with Gasteiger partial charge >= 0.3 is 5.97 Å². The number of carbonyl (C=O) groups is 1. The van der Waals surface area contributed by atoms with Crippen LogP contribution in [-0.4, -0.2) is 25.8 Å². The van der Waals surface area contributed by atoms with E-state index in [0.717, 1.165) is 19.3 Å². The standard InChI is InChI=1S/C14H22O3/c1-4-5-6-7-8-9-10-16-11-12-17-14(15)13(2)3/h4,7-8H,1-2,5-6,9-12H2,3H3/b8-7+. The van der Waals surface area contributed by atoms with Gasteiger partial charge in [-0.15, -0.1) is 6.58 Å². The lowest BCUT2D eigenvalue weighted by Crippen LogP contribution is -2.11. The highest BCUT2D eigenvalue weighted by molar-refractivity contribution is 5.86.